The van der Waals surface area contributed by atoms with E-state index in [-0.39, 0.29) is 29.0 Å². The quantitative estimate of drug-likeness (QED) is 0.121. The van der Waals surface area contributed by atoms with Gasteiger partial charge in [0.25, 0.3) is 0 Å². The summed E-state index contributed by atoms with van der Waals surface area (Å²) in [5.41, 5.74) is 4.51. The first-order valence-corrected chi connectivity index (χ1v) is 16.9. The molecular weight excluding hydrogens is 646 g/mol. The topological polar surface area (TPSA) is 99.8 Å². The number of nitrogens with zero attached hydrogens (tertiary/aromatic N) is 6. The van der Waals surface area contributed by atoms with E-state index in [1.807, 2.05) is 48.3 Å². The van der Waals surface area contributed by atoms with Crippen molar-refractivity contribution >= 4 is 45.6 Å². The molecule has 0 saturated carbocycles. The summed E-state index contributed by atoms with van der Waals surface area (Å²) >= 11 is 6.58. The minimum absolute atomic E-state index is 0.168. The standard InChI is InChI=1S/C40H38ClN7O2/c1-39(2,3)31(23-33(49)50-5)43-35-29-21-22-47(4)37(29)46-36(45-35)30-25-48(38-34(30)44-32(41)24-42-38)40(26-15-9-6-10-16-26,27-17-11-7-12-18-27)28-19-13-8-14-20-28/h6-22,24-25,31H,23H2,1-5H3,(H,43,45,46). The number of nitrogens with one attached hydrogen (secondary N) is 1. The van der Waals surface area contributed by atoms with Gasteiger partial charge in [-0.2, -0.15) is 0 Å². The third kappa shape index (κ3) is 5.77. The molecule has 50 heavy (non-hydrogen) atoms. The average Bonchev–Trinajstić information content (AvgIpc) is 3.69. The number of ether oxygens (including phenoxy) is 1. The molecule has 252 valence electrons. The summed E-state index contributed by atoms with van der Waals surface area (Å²) < 4.78 is 9.18. The van der Waals surface area contributed by atoms with Gasteiger partial charge in [0, 0.05) is 25.5 Å². The Bertz CT molecular complexity index is 2200. The van der Waals surface area contributed by atoms with E-state index in [1.165, 1.54) is 7.11 Å². The Morgan fingerprint density at radius 2 is 1.42 bits per heavy atom. The smallest absolute Gasteiger partial charge is 0.307 e. The summed E-state index contributed by atoms with van der Waals surface area (Å²) in [6, 6.07) is 32.9. The van der Waals surface area contributed by atoms with Crippen molar-refractivity contribution in [1.29, 1.82) is 0 Å². The second kappa shape index (κ2) is 13.1. The molecular formula is C40H38ClN7O2. The highest BCUT2D eigenvalue weighted by Gasteiger charge is 2.40. The maximum Gasteiger partial charge on any atom is 0.307 e. The van der Waals surface area contributed by atoms with Crippen molar-refractivity contribution in [2.45, 2.75) is 38.8 Å². The van der Waals surface area contributed by atoms with E-state index in [9.17, 15) is 4.79 Å². The Hall–Kier alpha value is -5.54. The lowest BCUT2D eigenvalue weighted by atomic mass is 9.76. The number of hydrogen-bond donors (Lipinski definition) is 1. The summed E-state index contributed by atoms with van der Waals surface area (Å²) in [4.78, 5) is 32.5. The van der Waals surface area contributed by atoms with Gasteiger partial charge < -0.3 is 19.2 Å². The van der Waals surface area contributed by atoms with Crippen LogP contribution in [-0.2, 0) is 22.1 Å². The normalized spacial score (nSPS) is 12.7. The molecule has 0 aliphatic heterocycles. The molecule has 0 saturated heterocycles. The van der Waals surface area contributed by atoms with Gasteiger partial charge in [0.15, 0.2) is 11.5 Å². The van der Waals surface area contributed by atoms with Crippen molar-refractivity contribution in [2.24, 2.45) is 12.5 Å². The van der Waals surface area contributed by atoms with Crippen LogP contribution in [0.2, 0.25) is 5.15 Å². The van der Waals surface area contributed by atoms with Gasteiger partial charge >= 0.3 is 5.97 Å². The summed E-state index contributed by atoms with van der Waals surface area (Å²) in [5, 5.41) is 4.67. The number of carbonyl (C=O) groups is 1. The average molecular weight is 684 g/mol. The van der Waals surface area contributed by atoms with Crippen LogP contribution in [0.5, 0.6) is 0 Å². The third-order valence-corrected chi connectivity index (χ3v) is 9.50. The number of aromatic nitrogens is 6. The predicted octanol–water partition coefficient (Wildman–Crippen LogP) is 8.26. The molecule has 3 aromatic carbocycles. The molecule has 1 unspecified atom stereocenters. The number of rotatable bonds is 9. The maximum atomic E-state index is 12.5. The largest absolute Gasteiger partial charge is 0.469 e. The molecule has 4 heterocycles. The molecule has 4 aromatic heterocycles. The first kappa shape index (κ1) is 33.0. The third-order valence-electron chi connectivity index (χ3n) is 9.32. The fraction of sp³-hybridized carbons (Fsp3) is 0.225. The second-order valence-electron chi connectivity index (χ2n) is 13.5. The minimum atomic E-state index is -0.864. The number of anilines is 1. The lowest BCUT2D eigenvalue weighted by Gasteiger charge is -2.38. The van der Waals surface area contributed by atoms with E-state index >= 15 is 0 Å². The van der Waals surface area contributed by atoms with Crippen LogP contribution in [-0.4, -0.2) is 48.2 Å². The number of fused-ring (bicyclic) bond motifs is 2. The highest BCUT2D eigenvalue weighted by atomic mass is 35.5. The van der Waals surface area contributed by atoms with Gasteiger partial charge in [0.2, 0.25) is 0 Å². The molecule has 9 nitrogen and oxygen atoms in total. The first-order chi connectivity index (χ1) is 24.1. The highest BCUT2D eigenvalue weighted by molar-refractivity contribution is 6.29. The van der Waals surface area contributed by atoms with E-state index in [0.717, 1.165) is 27.7 Å². The van der Waals surface area contributed by atoms with Crippen LogP contribution in [0.15, 0.2) is 116 Å². The van der Waals surface area contributed by atoms with Gasteiger partial charge in [-0.15, -0.1) is 0 Å². The molecule has 0 aliphatic rings. The number of hydrogen-bond acceptors (Lipinski definition) is 7. The Balaban J connectivity index is 1.54. The van der Waals surface area contributed by atoms with E-state index in [2.05, 4.69) is 103 Å². The van der Waals surface area contributed by atoms with Gasteiger partial charge in [0.1, 0.15) is 27.7 Å². The molecule has 7 aromatic rings. The van der Waals surface area contributed by atoms with Crippen LogP contribution < -0.4 is 5.32 Å². The Morgan fingerprint density at radius 3 is 1.96 bits per heavy atom. The van der Waals surface area contributed by atoms with Crippen molar-refractivity contribution in [2.75, 3.05) is 12.4 Å². The number of carbonyl (C=O) groups excluding carboxylic acids is 1. The molecule has 0 radical (unpaired) electrons. The van der Waals surface area contributed by atoms with Crippen LogP contribution in [0.3, 0.4) is 0 Å². The molecule has 1 atom stereocenters. The number of benzene rings is 3. The van der Waals surface area contributed by atoms with E-state index in [4.69, 9.17) is 36.3 Å². The zero-order valence-electron chi connectivity index (χ0n) is 28.6. The monoisotopic (exact) mass is 683 g/mol. The summed E-state index contributed by atoms with van der Waals surface area (Å²) in [7, 11) is 3.35. The summed E-state index contributed by atoms with van der Waals surface area (Å²) in [6.45, 7) is 6.25. The van der Waals surface area contributed by atoms with Gasteiger partial charge in [-0.05, 0) is 28.2 Å². The molecule has 0 fully saturated rings. The minimum Gasteiger partial charge on any atom is -0.469 e. The molecule has 0 amide bonds. The van der Waals surface area contributed by atoms with Crippen LogP contribution in [0.25, 0.3) is 33.6 Å². The molecule has 10 heteroatoms. The Kier molecular flexibility index (Phi) is 8.61. The number of halogens is 1. The zero-order chi connectivity index (χ0) is 35.0. The first-order valence-electron chi connectivity index (χ1n) is 16.5. The van der Waals surface area contributed by atoms with Crippen LogP contribution in [0.1, 0.15) is 43.9 Å². The summed E-state index contributed by atoms with van der Waals surface area (Å²) in [5.74, 6) is 0.741. The lowest BCUT2D eigenvalue weighted by molar-refractivity contribution is -0.141. The zero-order valence-corrected chi connectivity index (χ0v) is 29.4. The van der Waals surface area contributed by atoms with Crippen molar-refractivity contribution in [1.82, 2.24) is 29.1 Å². The number of aryl methyl sites for hydroxylation is 1. The van der Waals surface area contributed by atoms with E-state index in [0.29, 0.717) is 28.4 Å². The fourth-order valence-electron chi connectivity index (χ4n) is 6.70. The SMILES string of the molecule is COC(=O)CC(Nc1nc(-c2cn(C(c3ccccc3)(c3ccccc3)c3ccccc3)c3ncc(Cl)nc23)nc2c1ccn2C)C(C)(C)C. The van der Waals surface area contributed by atoms with Crippen molar-refractivity contribution in [3.8, 4) is 11.4 Å². The van der Waals surface area contributed by atoms with Gasteiger partial charge in [-0.25, -0.2) is 19.9 Å². The van der Waals surface area contributed by atoms with Gasteiger partial charge in [-0.3, -0.25) is 4.79 Å². The maximum absolute atomic E-state index is 12.5. The van der Waals surface area contributed by atoms with E-state index < -0.39 is 5.54 Å². The summed E-state index contributed by atoms with van der Waals surface area (Å²) in [6.07, 6.45) is 5.73. The molecule has 0 aliphatic carbocycles. The second-order valence-corrected chi connectivity index (χ2v) is 13.9. The molecule has 7 rings (SSSR count). The molecule has 0 spiro atoms. The Labute approximate surface area is 296 Å². The van der Waals surface area contributed by atoms with Crippen LogP contribution in [0.4, 0.5) is 5.82 Å². The highest BCUT2D eigenvalue weighted by Crippen LogP contribution is 2.44. The predicted molar refractivity (Wildman–Crippen MR) is 198 cm³/mol. The molecule has 1 N–H and O–H groups in total. The Morgan fingerprint density at radius 1 is 0.840 bits per heavy atom. The van der Waals surface area contributed by atoms with E-state index in [1.54, 1.807) is 6.20 Å². The lowest BCUT2D eigenvalue weighted by Crippen LogP contribution is -2.37. The van der Waals surface area contributed by atoms with Gasteiger partial charge in [-0.1, -0.05) is 123 Å². The van der Waals surface area contributed by atoms with Crippen molar-refractivity contribution in [3.05, 3.63) is 137 Å². The molecule has 0 bridgehead atoms. The van der Waals surface area contributed by atoms with Crippen molar-refractivity contribution < 1.29 is 9.53 Å². The van der Waals surface area contributed by atoms with Gasteiger partial charge in [0.05, 0.1) is 30.7 Å². The van der Waals surface area contributed by atoms with Crippen LogP contribution >= 0.6 is 11.6 Å². The number of methoxy groups -OCH3 is 1. The number of esters is 1. The fourth-order valence-corrected chi connectivity index (χ4v) is 6.83. The van der Waals surface area contributed by atoms with Crippen molar-refractivity contribution in [3.63, 3.8) is 0 Å². The van der Waals surface area contributed by atoms with Crippen LogP contribution in [0, 0.1) is 5.41 Å².